The van der Waals surface area contributed by atoms with Crippen molar-refractivity contribution in [1.29, 1.82) is 0 Å². The Morgan fingerprint density at radius 3 is 2.59 bits per heavy atom. The molecule has 1 aromatic carbocycles. The van der Waals surface area contributed by atoms with Gasteiger partial charge in [-0.25, -0.2) is 13.4 Å². The van der Waals surface area contributed by atoms with E-state index in [9.17, 15) is 13.2 Å². The topological polar surface area (TPSA) is 75.5 Å². The Morgan fingerprint density at radius 1 is 1.17 bits per heavy atom. The summed E-state index contributed by atoms with van der Waals surface area (Å²) < 4.78 is 27.0. The van der Waals surface area contributed by atoms with Crippen molar-refractivity contribution < 1.29 is 13.2 Å². The summed E-state index contributed by atoms with van der Waals surface area (Å²) in [5.41, 5.74) is 2.62. The summed E-state index contributed by atoms with van der Waals surface area (Å²) >= 11 is 1.47. The number of thiazole rings is 1. The van der Waals surface area contributed by atoms with Gasteiger partial charge in [-0.2, -0.15) is 4.31 Å². The molecule has 1 aliphatic heterocycles. The molecule has 2 aromatic heterocycles. The molecule has 29 heavy (non-hydrogen) atoms. The third kappa shape index (κ3) is 3.94. The first-order valence-electron chi connectivity index (χ1n) is 9.67. The van der Waals surface area contributed by atoms with E-state index in [0.717, 1.165) is 29.1 Å². The van der Waals surface area contributed by atoms with Crippen LogP contribution in [0.1, 0.15) is 23.8 Å². The number of rotatable bonds is 5. The van der Waals surface area contributed by atoms with Gasteiger partial charge in [-0.15, -0.1) is 11.3 Å². The van der Waals surface area contributed by atoms with Crippen molar-refractivity contribution in [3.05, 3.63) is 41.4 Å². The quantitative estimate of drug-likeness (QED) is 0.621. The lowest BCUT2D eigenvalue weighted by Crippen LogP contribution is -2.50. The van der Waals surface area contributed by atoms with Crippen LogP contribution >= 0.6 is 11.3 Å². The molecule has 4 rings (SSSR count). The number of piperazine rings is 1. The number of carbonyl (C=O) groups excluding carboxylic acids is 1. The number of amides is 1. The Labute approximate surface area is 174 Å². The van der Waals surface area contributed by atoms with Crippen molar-refractivity contribution in [2.24, 2.45) is 0 Å². The summed E-state index contributed by atoms with van der Waals surface area (Å²) in [6.07, 6.45) is 2.21. The maximum Gasteiger partial charge on any atom is 0.273 e. The molecular formula is C20H24N4O3S2. The second-order valence-electron chi connectivity index (χ2n) is 7.23. The summed E-state index contributed by atoms with van der Waals surface area (Å²) in [6, 6.07) is 10.4. The lowest BCUT2D eigenvalue weighted by molar-refractivity contribution is 0.0693. The summed E-state index contributed by atoms with van der Waals surface area (Å²) in [6.45, 7) is 4.45. The Bertz CT molecular complexity index is 1140. The molecule has 154 valence electrons. The first-order valence-corrected chi connectivity index (χ1v) is 12.4. The zero-order valence-corrected chi connectivity index (χ0v) is 18.2. The number of carbonyl (C=O) groups is 1. The van der Waals surface area contributed by atoms with E-state index < -0.39 is 10.0 Å². The van der Waals surface area contributed by atoms with E-state index >= 15 is 0 Å². The first kappa shape index (κ1) is 20.1. The molecular weight excluding hydrogens is 408 g/mol. The fraction of sp³-hybridized carbons (Fsp3) is 0.400. The van der Waals surface area contributed by atoms with Gasteiger partial charge in [0.1, 0.15) is 10.7 Å². The van der Waals surface area contributed by atoms with Crippen LogP contribution in [-0.2, 0) is 16.6 Å². The Balaban J connectivity index is 1.57. The lowest BCUT2D eigenvalue weighted by Gasteiger charge is -2.32. The normalized spacial score (nSPS) is 15.9. The Hall–Kier alpha value is -2.23. The molecule has 1 amide bonds. The minimum absolute atomic E-state index is 0.140. The first-order chi connectivity index (χ1) is 13.9. The number of fused-ring (bicyclic) bond motifs is 1. The van der Waals surface area contributed by atoms with E-state index in [2.05, 4.69) is 34.7 Å². The lowest BCUT2D eigenvalue weighted by atomic mass is 10.2. The van der Waals surface area contributed by atoms with Gasteiger partial charge in [0.15, 0.2) is 0 Å². The van der Waals surface area contributed by atoms with Crippen LogP contribution in [0.3, 0.4) is 0 Å². The molecule has 0 spiro atoms. The van der Waals surface area contributed by atoms with Gasteiger partial charge in [-0.1, -0.05) is 25.1 Å². The molecule has 3 aromatic rings. The number of benzene rings is 1. The highest BCUT2D eigenvalue weighted by molar-refractivity contribution is 7.88. The maximum absolute atomic E-state index is 12.9. The van der Waals surface area contributed by atoms with E-state index in [0.29, 0.717) is 31.9 Å². The van der Waals surface area contributed by atoms with Crippen LogP contribution in [0.25, 0.3) is 21.6 Å². The molecule has 0 bridgehead atoms. The summed E-state index contributed by atoms with van der Waals surface area (Å²) in [5.74, 6) is -0.140. The van der Waals surface area contributed by atoms with Gasteiger partial charge in [0.05, 0.1) is 11.9 Å². The molecule has 0 N–H and O–H groups in total. The smallest absolute Gasteiger partial charge is 0.273 e. The van der Waals surface area contributed by atoms with Crippen LogP contribution in [0.15, 0.2) is 35.7 Å². The zero-order chi connectivity index (χ0) is 20.6. The fourth-order valence-corrected chi connectivity index (χ4v) is 5.37. The van der Waals surface area contributed by atoms with Gasteiger partial charge in [0.2, 0.25) is 10.0 Å². The number of hydrogen-bond donors (Lipinski definition) is 0. The van der Waals surface area contributed by atoms with Crippen molar-refractivity contribution >= 4 is 38.2 Å². The molecule has 1 saturated heterocycles. The van der Waals surface area contributed by atoms with Crippen molar-refractivity contribution in [3.63, 3.8) is 0 Å². The molecule has 0 aliphatic carbocycles. The SMILES string of the molecule is CCCn1c(-c2nc(C(=O)N3CCN(S(C)(=O)=O)CC3)cs2)cc2ccccc21. The van der Waals surface area contributed by atoms with Crippen molar-refractivity contribution in [1.82, 2.24) is 18.8 Å². The van der Waals surface area contributed by atoms with E-state index in [1.54, 1.807) is 10.3 Å². The molecule has 3 heterocycles. The van der Waals surface area contributed by atoms with Gasteiger partial charge in [0.25, 0.3) is 5.91 Å². The number of hydrogen-bond acceptors (Lipinski definition) is 5. The predicted octanol–water partition coefficient (Wildman–Crippen LogP) is 2.89. The third-order valence-electron chi connectivity index (χ3n) is 5.20. The van der Waals surface area contributed by atoms with Gasteiger partial charge in [-0.05, 0) is 18.6 Å². The predicted molar refractivity (Wildman–Crippen MR) is 116 cm³/mol. The van der Waals surface area contributed by atoms with Crippen LogP contribution in [0, 0.1) is 0 Å². The van der Waals surface area contributed by atoms with Crippen LogP contribution in [0.4, 0.5) is 0 Å². The minimum atomic E-state index is -3.22. The number of aromatic nitrogens is 2. The second-order valence-corrected chi connectivity index (χ2v) is 10.1. The van der Waals surface area contributed by atoms with Gasteiger partial charge in [0, 0.05) is 49.0 Å². The summed E-state index contributed by atoms with van der Waals surface area (Å²) in [7, 11) is -3.22. The molecule has 9 heteroatoms. The van der Waals surface area contributed by atoms with Crippen molar-refractivity contribution in [3.8, 4) is 10.7 Å². The van der Waals surface area contributed by atoms with Gasteiger partial charge in [-0.3, -0.25) is 4.79 Å². The van der Waals surface area contributed by atoms with Crippen LogP contribution < -0.4 is 0 Å². The molecule has 1 fully saturated rings. The highest BCUT2D eigenvalue weighted by Crippen LogP contribution is 2.31. The monoisotopic (exact) mass is 432 g/mol. The van der Waals surface area contributed by atoms with Gasteiger partial charge >= 0.3 is 0 Å². The number of aryl methyl sites for hydroxylation is 1. The maximum atomic E-state index is 12.9. The summed E-state index contributed by atoms with van der Waals surface area (Å²) in [5, 5.41) is 3.79. The van der Waals surface area contributed by atoms with Crippen LogP contribution in [-0.4, -0.2) is 65.5 Å². The number of sulfonamides is 1. The van der Waals surface area contributed by atoms with Crippen molar-refractivity contribution in [2.45, 2.75) is 19.9 Å². The van der Waals surface area contributed by atoms with Crippen molar-refractivity contribution in [2.75, 3.05) is 32.4 Å². The van der Waals surface area contributed by atoms with E-state index in [4.69, 9.17) is 0 Å². The van der Waals surface area contributed by atoms with E-state index in [1.807, 2.05) is 12.1 Å². The second kappa shape index (κ2) is 7.89. The molecule has 0 radical (unpaired) electrons. The van der Waals surface area contributed by atoms with E-state index in [1.165, 1.54) is 27.4 Å². The number of para-hydroxylation sites is 1. The van der Waals surface area contributed by atoms with Crippen LogP contribution in [0.2, 0.25) is 0 Å². The zero-order valence-electron chi connectivity index (χ0n) is 16.5. The third-order valence-corrected chi connectivity index (χ3v) is 7.36. The molecule has 1 aliphatic rings. The molecule has 0 unspecified atom stereocenters. The molecule has 0 atom stereocenters. The largest absolute Gasteiger partial charge is 0.339 e. The number of nitrogens with zero attached hydrogens (tertiary/aromatic N) is 4. The fourth-order valence-electron chi connectivity index (χ4n) is 3.73. The van der Waals surface area contributed by atoms with Gasteiger partial charge < -0.3 is 9.47 Å². The average molecular weight is 433 g/mol. The summed E-state index contributed by atoms with van der Waals surface area (Å²) in [4.78, 5) is 19.2. The Kier molecular flexibility index (Phi) is 5.46. The highest BCUT2D eigenvalue weighted by atomic mass is 32.2. The van der Waals surface area contributed by atoms with Crippen LogP contribution in [0.5, 0.6) is 0 Å². The molecule has 7 nitrogen and oxygen atoms in total. The molecule has 0 saturated carbocycles. The standard InChI is InChI=1S/C20H24N4O3S2/c1-3-8-24-17-7-5-4-6-15(17)13-18(24)19-21-16(14-28-19)20(25)22-9-11-23(12-10-22)29(2,26)27/h4-7,13-14H,3,8-12H2,1-2H3. The average Bonchev–Trinajstić information content (AvgIpc) is 3.32. The van der Waals surface area contributed by atoms with E-state index in [-0.39, 0.29) is 5.91 Å². The Morgan fingerprint density at radius 2 is 1.90 bits per heavy atom. The minimum Gasteiger partial charge on any atom is -0.339 e. The highest BCUT2D eigenvalue weighted by Gasteiger charge is 2.28.